The number of rotatable bonds is 2. The van der Waals surface area contributed by atoms with Gasteiger partial charge >= 0.3 is 0 Å². The fourth-order valence-corrected chi connectivity index (χ4v) is 1.58. The Hall–Kier alpha value is -2.22. The molecule has 0 bridgehead atoms. The first kappa shape index (κ1) is 10.3. The van der Waals surface area contributed by atoms with E-state index in [1.807, 2.05) is 42.5 Å². The molecule has 2 aromatic rings. The van der Waals surface area contributed by atoms with Crippen molar-refractivity contribution in [2.75, 3.05) is 0 Å². The lowest BCUT2D eigenvalue weighted by Crippen LogP contribution is -1.99. The second kappa shape index (κ2) is 4.53. The average Bonchev–Trinajstić information content (AvgIpc) is 2.39. The molecule has 2 nitrogen and oxygen atoms in total. The standard InChI is InChI=1S/C14H14N2/c15-10-14(16)13-8-6-12(7-9-13)11-4-2-1-3-5-11/h1-10H,15-16H2/b14-10-. The van der Waals surface area contributed by atoms with Crippen LogP contribution in [0.1, 0.15) is 5.56 Å². The van der Waals surface area contributed by atoms with Gasteiger partial charge in [0.25, 0.3) is 0 Å². The Kier molecular flexibility index (Phi) is 2.92. The van der Waals surface area contributed by atoms with Crippen molar-refractivity contribution in [2.24, 2.45) is 11.5 Å². The average molecular weight is 210 g/mol. The molecule has 80 valence electrons. The summed E-state index contributed by atoms with van der Waals surface area (Å²) in [7, 11) is 0. The second-order valence-corrected chi connectivity index (χ2v) is 3.57. The largest absolute Gasteiger partial charge is 0.403 e. The van der Waals surface area contributed by atoms with Gasteiger partial charge in [-0.1, -0.05) is 54.6 Å². The van der Waals surface area contributed by atoms with Crippen LogP contribution in [0.4, 0.5) is 0 Å². The monoisotopic (exact) mass is 210 g/mol. The van der Waals surface area contributed by atoms with Crippen LogP contribution in [-0.2, 0) is 0 Å². The Labute approximate surface area is 95.2 Å². The minimum absolute atomic E-state index is 0.597. The molecule has 0 heterocycles. The molecule has 0 fully saturated rings. The second-order valence-electron chi connectivity index (χ2n) is 3.57. The van der Waals surface area contributed by atoms with Gasteiger partial charge < -0.3 is 11.5 Å². The third-order valence-electron chi connectivity index (χ3n) is 2.50. The lowest BCUT2D eigenvalue weighted by Gasteiger charge is -2.04. The summed E-state index contributed by atoms with van der Waals surface area (Å²) in [5.74, 6) is 0. The van der Waals surface area contributed by atoms with Gasteiger partial charge in [-0.15, -0.1) is 0 Å². The van der Waals surface area contributed by atoms with Gasteiger partial charge in [0.15, 0.2) is 0 Å². The van der Waals surface area contributed by atoms with Gasteiger partial charge in [0.1, 0.15) is 0 Å². The summed E-state index contributed by atoms with van der Waals surface area (Å²) in [6, 6.07) is 18.3. The van der Waals surface area contributed by atoms with E-state index in [1.54, 1.807) is 0 Å². The molecule has 16 heavy (non-hydrogen) atoms. The molecule has 4 N–H and O–H groups in total. The first-order valence-electron chi connectivity index (χ1n) is 5.14. The third-order valence-corrected chi connectivity index (χ3v) is 2.50. The van der Waals surface area contributed by atoms with Crippen LogP contribution in [0.3, 0.4) is 0 Å². The molecule has 0 unspecified atom stereocenters. The number of nitrogens with two attached hydrogens (primary N) is 2. The molecule has 2 rings (SSSR count). The SMILES string of the molecule is N/C=C(\N)c1ccc(-c2ccccc2)cc1. The highest BCUT2D eigenvalue weighted by atomic mass is 14.6. The van der Waals surface area contributed by atoms with Gasteiger partial charge in [0, 0.05) is 6.20 Å². The van der Waals surface area contributed by atoms with Gasteiger partial charge in [-0.05, 0) is 16.7 Å². The highest BCUT2D eigenvalue weighted by Crippen LogP contribution is 2.20. The van der Waals surface area contributed by atoms with Crippen LogP contribution in [0.15, 0.2) is 60.8 Å². The molecule has 0 atom stereocenters. The van der Waals surface area contributed by atoms with Crippen LogP contribution in [0.25, 0.3) is 16.8 Å². The molecule has 0 aliphatic heterocycles. The van der Waals surface area contributed by atoms with E-state index >= 15 is 0 Å². The minimum atomic E-state index is 0.597. The summed E-state index contributed by atoms with van der Waals surface area (Å²) >= 11 is 0. The van der Waals surface area contributed by atoms with Gasteiger partial charge in [-0.25, -0.2) is 0 Å². The van der Waals surface area contributed by atoms with Crippen molar-refractivity contribution < 1.29 is 0 Å². The predicted octanol–water partition coefficient (Wildman–Crippen LogP) is 2.57. The van der Waals surface area contributed by atoms with Gasteiger partial charge in [-0.3, -0.25) is 0 Å². The molecule has 0 aliphatic carbocycles. The zero-order chi connectivity index (χ0) is 11.4. The van der Waals surface area contributed by atoms with Crippen molar-refractivity contribution in [3.63, 3.8) is 0 Å². The molecule has 0 radical (unpaired) electrons. The Bertz CT molecular complexity index is 484. The topological polar surface area (TPSA) is 52.0 Å². The smallest absolute Gasteiger partial charge is 0.0545 e. The van der Waals surface area contributed by atoms with Gasteiger partial charge in [0.05, 0.1) is 5.70 Å². The maximum atomic E-state index is 5.72. The Balaban J connectivity index is 2.34. The van der Waals surface area contributed by atoms with Crippen LogP contribution >= 0.6 is 0 Å². The Morgan fingerprint density at radius 3 is 1.94 bits per heavy atom. The Morgan fingerprint density at radius 1 is 0.812 bits per heavy atom. The molecular weight excluding hydrogens is 196 g/mol. The van der Waals surface area contributed by atoms with E-state index in [1.165, 1.54) is 17.3 Å². The van der Waals surface area contributed by atoms with Crippen LogP contribution in [-0.4, -0.2) is 0 Å². The highest BCUT2D eigenvalue weighted by Gasteiger charge is 1.98. The summed E-state index contributed by atoms with van der Waals surface area (Å²) in [6.45, 7) is 0. The van der Waals surface area contributed by atoms with Crippen LogP contribution < -0.4 is 11.5 Å². The molecule has 0 amide bonds. The molecule has 0 aromatic heterocycles. The number of hydrogen-bond donors (Lipinski definition) is 2. The van der Waals surface area contributed by atoms with E-state index in [2.05, 4.69) is 12.1 Å². The molecule has 0 saturated heterocycles. The molecule has 2 aromatic carbocycles. The molecule has 2 heteroatoms. The first-order valence-corrected chi connectivity index (χ1v) is 5.14. The molecule has 0 aliphatic rings. The quantitative estimate of drug-likeness (QED) is 0.800. The van der Waals surface area contributed by atoms with E-state index in [0.29, 0.717) is 5.70 Å². The van der Waals surface area contributed by atoms with E-state index < -0.39 is 0 Å². The first-order chi connectivity index (χ1) is 7.81. The maximum Gasteiger partial charge on any atom is 0.0545 e. The lowest BCUT2D eigenvalue weighted by atomic mass is 10.0. The van der Waals surface area contributed by atoms with E-state index in [0.717, 1.165) is 5.56 Å². The van der Waals surface area contributed by atoms with Crippen LogP contribution in [0, 0.1) is 0 Å². The minimum Gasteiger partial charge on any atom is -0.403 e. The number of benzene rings is 2. The number of hydrogen-bond acceptors (Lipinski definition) is 2. The fraction of sp³-hybridized carbons (Fsp3) is 0. The fourth-order valence-electron chi connectivity index (χ4n) is 1.58. The van der Waals surface area contributed by atoms with E-state index in [4.69, 9.17) is 11.5 Å². The third kappa shape index (κ3) is 2.06. The van der Waals surface area contributed by atoms with Gasteiger partial charge in [-0.2, -0.15) is 0 Å². The van der Waals surface area contributed by atoms with Crippen molar-refractivity contribution in [2.45, 2.75) is 0 Å². The van der Waals surface area contributed by atoms with Crippen molar-refractivity contribution in [1.29, 1.82) is 0 Å². The molecule has 0 saturated carbocycles. The van der Waals surface area contributed by atoms with E-state index in [-0.39, 0.29) is 0 Å². The molecular formula is C14H14N2. The predicted molar refractivity (Wildman–Crippen MR) is 68.2 cm³/mol. The summed E-state index contributed by atoms with van der Waals surface area (Å²) in [6.07, 6.45) is 1.41. The maximum absolute atomic E-state index is 5.72. The summed E-state index contributed by atoms with van der Waals surface area (Å²) in [4.78, 5) is 0. The molecule has 0 spiro atoms. The van der Waals surface area contributed by atoms with Crippen molar-refractivity contribution in [3.8, 4) is 11.1 Å². The zero-order valence-corrected chi connectivity index (χ0v) is 8.93. The van der Waals surface area contributed by atoms with Crippen LogP contribution in [0.5, 0.6) is 0 Å². The van der Waals surface area contributed by atoms with Crippen molar-refractivity contribution in [3.05, 3.63) is 66.4 Å². The van der Waals surface area contributed by atoms with E-state index in [9.17, 15) is 0 Å². The van der Waals surface area contributed by atoms with Crippen molar-refractivity contribution >= 4 is 5.70 Å². The Morgan fingerprint density at radius 2 is 1.38 bits per heavy atom. The summed E-state index contributed by atoms with van der Waals surface area (Å²) in [5.41, 5.74) is 15.0. The normalized spacial score (nSPS) is 11.4. The summed E-state index contributed by atoms with van der Waals surface area (Å²) in [5, 5.41) is 0. The highest BCUT2D eigenvalue weighted by molar-refractivity contribution is 5.68. The summed E-state index contributed by atoms with van der Waals surface area (Å²) < 4.78 is 0. The lowest BCUT2D eigenvalue weighted by molar-refractivity contribution is 1.46. The zero-order valence-electron chi connectivity index (χ0n) is 8.93. The van der Waals surface area contributed by atoms with Crippen LogP contribution in [0.2, 0.25) is 0 Å². The van der Waals surface area contributed by atoms with Gasteiger partial charge in [0.2, 0.25) is 0 Å². The van der Waals surface area contributed by atoms with Crippen molar-refractivity contribution in [1.82, 2.24) is 0 Å².